The molecule has 3 aromatic rings. The molecule has 0 aliphatic heterocycles. The Balaban J connectivity index is 1.62. The molecule has 0 saturated heterocycles. The molecule has 25 heavy (non-hydrogen) atoms. The number of benzene rings is 1. The zero-order valence-electron chi connectivity index (χ0n) is 12.7. The van der Waals surface area contributed by atoms with E-state index >= 15 is 0 Å². The van der Waals surface area contributed by atoms with Crippen molar-refractivity contribution in [3.8, 4) is 5.69 Å². The molecule has 0 bridgehead atoms. The number of nitrogens with one attached hydrogen (secondary N) is 1. The first-order valence-electron chi connectivity index (χ1n) is 7.22. The van der Waals surface area contributed by atoms with Gasteiger partial charge in [0, 0.05) is 11.4 Å². The molecule has 0 spiro atoms. The van der Waals surface area contributed by atoms with Crippen LogP contribution in [0.4, 0.5) is 13.2 Å². The van der Waals surface area contributed by atoms with Crippen LogP contribution in [0.5, 0.6) is 0 Å². The van der Waals surface area contributed by atoms with E-state index in [2.05, 4.69) is 20.7 Å². The molecule has 0 saturated carbocycles. The van der Waals surface area contributed by atoms with Gasteiger partial charge in [0.1, 0.15) is 0 Å². The average Bonchev–Trinajstić information content (AvgIpc) is 3.26. The highest BCUT2D eigenvalue weighted by Crippen LogP contribution is 2.29. The zero-order valence-corrected chi connectivity index (χ0v) is 13.5. The summed E-state index contributed by atoms with van der Waals surface area (Å²) < 4.78 is 37.6. The number of carbonyl (C=O) groups is 1. The highest BCUT2D eigenvalue weighted by atomic mass is 32.1. The van der Waals surface area contributed by atoms with E-state index in [4.69, 9.17) is 0 Å². The molecule has 6 nitrogen and oxygen atoms in total. The maximum absolute atomic E-state index is 12.5. The number of aromatic nitrogens is 4. The van der Waals surface area contributed by atoms with E-state index in [9.17, 15) is 18.0 Å². The number of hydrogen-bond acceptors (Lipinski definition) is 5. The maximum Gasteiger partial charge on any atom is 0.416 e. The van der Waals surface area contributed by atoms with Gasteiger partial charge in [-0.25, -0.2) is 0 Å². The molecule has 1 aromatic carbocycles. The van der Waals surface area contributed by atoms with Crippen LogP contribution < -0.4 is 5.32 Å². The van der Waals surface area contributed by atoms with Crippen molar-refractivity contribution in [2.24, 2.45) is 0 Å². The molecule has 0 fully saturated rings. The zero-order chi connectivity index (χ0) is 17.9. The predicted octanol–water partition coefficient (Wildman–Crippen LogP) is 2.72. The number of amides is 1. The third-order valence-corrected chi connectivity index (χ3v) is 4.22. The van der Waals surface area contributed by atoms with Crippen molar-refractivity contribution in [2.45, 2.75) is 12.6 Å². The third-order valence-electron chi connectivity index (χ3n) is 3.28. The first kappa shape index (κ1) is 17.1. The quantitative estimate of drug-likeness (QED) is 0.753. The van der Waals surface area contributed by atoms with Gasteiger partial charge in [0.15, 0.2) is 0 Å². The predicted molar refractivity (Wildman–Crippen MR) is 84.5 cm³/mol. The van der Waals surface area contributed by atoms with Crippen LogP contribution in [0, 0.1) is 0 Å². The van der Waals surface area contributed by atoms with Crippen LogP contribution in [0.3, 0.4) is 0 Å². The first-order valence-corrected chi connectivity index (χ1v) is 8.10. The van der Waals surface area contributed by atoms with E-state index < -0.39 is 17.6 Å². The fourth-order valence-electron chi connectivity index (χ4n) is 2.03. The number of thiophene rings is 1. The van der Waals surface area contributed by atoms with E-state index in [0.29, 0.717) is 13.0 Å². The Labute approximate surface area is 144 Å². The number of alkyl halides is 3. The number of tetrazole rings is 1. The van der Waals surface area contributed by atoms with Crippen LogP contribution in [-0.2, 0) is 12.6 Å². The van der Waals surface area contributed by atoms with E-state index in [1.165, 1.54) is 12.1 Å². The number of halogens is 3. The van der Waals surface area contributed by atoms with E-state index in [1.807, 2.05) is 17.5 Å². The normalized spacial score (nSPS) is 11.5. The number of nitrogens with zero attached hydrogens (tertiary/aromatic N) is 4. The lowest BCUT2D eigenvalue weighted by atomic mass is 10.2. The number of carbonyl (C=O) groups excluding carboxylic acids is 1. The fraction of sp³-hybridized carbons (Fsp3) is 0.200. The summed E-state index contributed by atoms with van der Waals surface area (Å²) >= 11 is 1.60. The van der Waals surface area contributed by atoms with Crippen molar-refractivity contribution in [2.75, 3.05) is 6.54 Å². The van der Waals surface area contributed by atoms with Crippen molar-refractivity contribution < 1.29 is 18.0 Å². The van der Waals surface area contributed by atoms with E-state index in [0.717, 1.165) is 21.8 Å². The summed E-state index contributed by atoms with van der Waals surface area (Å²) in [6.45, 7) is 0.425. The summed E-state index contributed by atoms with van der Waals surface area (Å²) in [6.07, 6.45) is -3.72. The highest BCUT2D eigenvalue weighted by Gasteiger charge is 2.30. The summed E-state index contributed by atoms with van der Waals surface area (Å²) in [5, 5.41) is 15.8. The molecule has 0 unspecified atom stereocenters. The van der Waals surface area contributed by atoms with Crippen molar-refractivity contribution in [1.82, 2.24) is 25.5 Å². The van der Waals surface area contributed by atoms with Crippen LogP contribution in [0.15, 0.2) is 41.8 Å². The molecule has 1 amide bonds. The minimum atomic E-state index is -4.41. The Hall–Kier alpha value is -2.75. The van der Waals surface area contributed by atoms with Crippen molar-refractivity contribution in [3.05, 3.63) is 58.0 Å². The maximum atomic E-state index is 12.5. The smallest absolute Gasteiger partial charge is 0.349 e. The van der Waals surface area contributed by atoms with Gasteiger partial charge in [-0.05, 0) is 47.3 Å². The van der Waals surface area contributed by atoms with Gasteiger partial charge in [0.25, 0.3) is 11.7 Å². The Kier molecular flexibility index (Phi) is 4.79. The number of rotatable bonds is 5. The van der Waals surface area contributed by atoms with E-state index in [-0.39, 0.29) is 11.5 Å². The topological polar surface area (TPSA) is 72.7 Å². The molecule has 0 aliphatic rings. The SMILES string of the molecule is O=C(NCCc1cccs1)c1nnn(-c2ccc(C(F)(F)F)cc2)n1. The lowest BCUT2D eigenvalue weighted by Gasteiger charge is -2.06. The lowest BCUT2D eigenvalue weighted by Crippen LogP contribution is -2.26. The molecule has 2 aromatic heterocycles. The summed E-state index contributed by atoms with van der Waals surface area (Å²) in [7, 11) is 0. The van der Waals surface area contributed by atoms with Gasteiger partial charge >= 0.3 is 6.18 Å². The minimum absolute atomic E-state index is 0.147. The van der Waals surface area contributed by atoms with Gasteiger partial charge in [-0.15, -0.1) is 26.3 Å². The van der Waals surface area contributed by atoms with Crippen molar-refractivity contribution >= 4 is 17.2 Å². The van der Waals surface area contributed by atoms with Gasteiger partial charge in [0.05, 0.1) is 11.3 Å². The standard InChI is InChI=1S/C15H12F3N5OS/c16-15(17,18)10-3-5-11(6-4-10)23-21-13(20-22-23)14(24)19-8-7-12-2-1-9-25-12/h1-6,9H,7-8H2,(H,19,24). The molecule has 3 rings (SSSR count). The van der Waals surface area contributed by atoms with Crippen LogP contribution in [0.25, 0.3) is 5.69 Å². The minimum Gasteiger partial charge on any atom is -0.349 e. The summed E-state index contributed by atoms with van der Waals surface area (Å²) in [5.41, 5.74) is -0.499. The highest BCUT2D eigenvalue weighted by molar-refractivity contribution is 7.09. The van der Waals surface area contributed by atoms with Crippen LogP contribution in [-0.4, -0.2) is 32.7 Å². The molecule has 130 valence electrons. The van der Waals surface area contributed by atoms with Gasteiger partial charge < -0.3 is 5.32 Å². The Morgan fingerprint density at radius 3 is 2.60 bits per heavy atom. The van der Waals surface area contributed by atoms with E-state index in [1.54, 1.807) is 11.3 Å². The van der Waals surface area contributed by atoms with Gasteiger partial charge in [-0.2, -0.15) is 13.2 Å². The second-order valence-corrected chi connectivity index (χ2v) is 6.06. The van der Waals surface area contributed by atoms with Crippen LogP contribution >= 0.6 is 11.3 Å². The largest absolute Gasteiger partial charge is 0.416 e. The van der Waals surface area contributed by atoms with Crippen molar-refractivity contribution in [3.63, 3.8) is 0 Å². The molecule has 10 heteroatoms. The van der Waals surface area contributed by atoms with Gasteiger partial charge in [-0.1, -0.05) is 6.07 Å². The molecule has 0 radical (unpaired) electrons. The van der Waals surface area contributed by atoms with Crippen LogP contribution in [0.1, 0.15) is 21.1 Å². The van der Waals surface area contributed by atoms with Crippen LogP contribution in [0.2, 0.25) is 0 Å². The monoisotopic (exact) mass is 367 g/mol. The Morgan fingerprint density at radius 2 is 1.96 bits per heavy atom. The molecule has 1 N–H and O–H groups in total. The summed E-state index contributed by atoms with van der Waals surface area (Å²) in [4.78, 5) is 14.1. The third kappa shape index (κ3) is 4.21. The second kappa shape index (κ2) is 7.01. The molecular formula is C15H12F3N5OS. The van der Waals surface area contributed by atoms with Gasteiger partial charge in [-0.3, -0.25) is 4.79 Å². The second-order valence-electron chi connectivity index (χ2n) is 5.03. The molecular weight excluding hydrogens is 355 g/mol. The van der Waals surface area contributed by atoms with Crippen molar-refractivity contribution in [1.29, 1.82) is 0 Å². The Morgan fingerprint density at radius 1 is 1.20 bits per heavy atom. The van der Waals surface area contributed by atoms with Gasteiger partial charge in [0.2, 0.25) is 0 Å². The fourth-order valence-corrected chi connectivity index (χ4v) is 2.74. The summed E-state index contributed by atoms with van der Waals surface area (Å²) in [5.74, 6) is -0.638. The first-order chi connectivity index (χ1) is 11.9. The Bertz CT molecular complexity index is 843. The summed E-state index contributed by atoms with van der Waals surface area (Å²) in [6, 6.07) is 8.15. The number of hydrogen-bond donors (Lipinski definition) is 1. The average molecular weight is 367 g/mol. The lowest BCUT2D eigenvalue weighted by molar-refractivity contribution is -0.137. The molecule has 2 heterocycles. The molecule has 0 atom stereocenters. The molecule has 0 aliphatic carbocycles.